The van der Waals surface area contributed by atoms with Crippen molar-refractivity contribution in [2.45, 2.75) is 31.7 Å². The number of benzene rings is 1. The summed E-state index contributed by atoms with van der Waals surface area (Å²) in [4.78, 5) is 13.4. The van der Waals surface area contributed by atoms with E-state index in [1.54, 1.807) is 11.3 Å². The van der Waals surface area contributed by atoms with Gasteiger partial charge in [-0.25, -0.2) is 0 Å². The quantitative estimate of drug-likeness (QED) is 0.850. The van der Waals surface area contributed by atoms with Crippen molar-refractivity contribution in [1.29, 1.82) is 0 Å². The minimum atomic E-state index is -0.508. The zero-order valence-corrected chi connectivity index (χ0v) is 14.5. The van der Waals surface area contributed by atoms with Gasteiger partial charge in [-0.1, -0.05) is 50.2 Å². The number of hydrogen-bond acceptors (Lipinski definition) is 3. The zero-order valence-electron chi connectivity index (χ0n) is 12.9. The number of nitrogens with two attached hydrogens (primary N) is 1. The molecule has 3 N–H and O–H groups in total. The summed E-state index contributed by atoms with van der Waals surface area (Å²) in [7, 11) is 0. The SMILES string of the molecule is CC(C)(CNC(=O)[C@@H](N)Cc1ccccc1)c1cccs1.Cl. The highest BCUT2D eigenvalue weighted by Crippen LogP contribution is 2.26. The molecule has 0 spiro atoms. The molecule has 5 heteroatoms. The Bertz CT molecular complexity index is 570. The molecule has 1 aromatic heterocycles. The molecule has 0 saturated carbocycles. The number of rotatable bonds is 6. The van der Waals surface area contributed by atoms with Crippen LogP contribution in [-0.2, 0) is 16.6 Å². The standard InChI is InChI=1S/C17H22N2OS.ClH/c1-17(2,15-9-6-10-21-15)12-19-16(20)14(18)11-13-7-4-3-5-8-13;/h3-10,14H,11-12,18H2,1-2H3,(H,19,20);1H/t14-;/m0./s1. The van der Waals surface area contributed by atoms with Crippen LogP contribution in [0.1, 0.15) is 24.3 Å². The Morgan fingerprint density at radius 3 is 2.50 bits per heavy atom. The van der Waals surface area contributed by atoms with Crippen LogP contribution in [-0.4, -0.2) is 18.5 Å². The van der Waals surface area contributed by atoms with Crippen LogP contribution in [0.2, 0.25) is 0 Å². The predicted molar refractivity (Wildman–Crippen MR) is 95.7 cm³/mol. The summed E-state index contributed by atoms with van der Waals surface area (Å²) in [6.07, 6.45) is 0.562. The molecule has 120 valence electrons. The molecular weight excluding hydrogens is 316 g/mol. The van der Waals surface area contributed by atoms with Crippen LogP contribution in [0.15, 0.2) is 47.8 Å². The molecule has 1 heterocycles. The summed E-state index contributed by atoms with van der Waals surface area (Å²) < 4.78 is 0. The summed E-state index contributed by atoms with van der Waals surface area (Å²) in [5, 5.41) is 5.03. The molecule has 2 aromatic rings. The molecule has 0 unspecified atom stereocenters. The topological polar surface area (TPSA) is 55.1 Å². The Hall–Kier alpha value is -1.36. The third-order valence-electron chi connectivity index (χ3n) is 3.53. The second kappa shape index (κ2) is 8.32. The third-order valence-corrected chi connectivity index (χ3v) is 4.76. The molecular formula is C17H23ClN2OS. The van der Waals surface area contributed by atoms with Gasteiger partial charge in [0.05, 0.1) is 6.04 Å². The first-order valence-corrected chi connectivity index (χ1v) is 7.98. The van der Waals surface area contributed by atoms with Crippen molar-refractivity contribution < 1.29 is 4.79 Å². The molecule has 0 radical (unpaired) electrons. The van der Waals surface area contributed by atoms with Crippen LogP contribution in [0.3, 0.4) is 0 Å². The Kier molecular flexibility index (Phi) is 7.07. The lowest BCUT2D eigenvalue weighted by Crippen LogP contribution is -2.46. The minimum absolute atomic E-state index is 0. The van der Waals surface area contributed by atoms with Gasteiger partial charge in [-0.2, -0.15) is 0 Å². The Morgan fingerprint density at radius 2 is 1.91 bits per heavy atom. The van der Waals surface area contributed by atoms with Gasteiger partial charge >= 0.3 is 0 Å². The van der Waals surface area contributed by atoms with Gasteiger partial charge in [0.1, 0.15) is 0 Å². The van der Waals surface area contributed by atoms with Gasteiger partial charge in [-0.15, -0.1) is 23.7 Å². The third kappa shape index (κ3) is 5.13. The van der Waals surface area contributed by atoms with Crippen molar-refractivity contribution >= 4 is 29.7 Å². The van der Waals surface area contributed by atoms with E-state index in [0.717, 1.165) is 5.56 Å². The fraction of sp³-hybridized carbons (Fsp3) is 0.353. The van der Waals surface area contributed by atoms with E-state index in [0.29, 0.717) is 13.0 Å². The number of hydrogen-bond donors (Lipinski definition) is 2. The Morgan fingerprint density at radius 1 is 1.23 bits per heavy atom. The number of carbonyl (C=O) groups excluding carboxylic acids is 1. The molecule has 0 aliphatic carbocycles. The van der Waals surface area contributed by atoms with E-state index in [9.17, 15) is 4.79 Å². The molecule has 1 aromatic carbocycles. The van der Waals surface area contributed by atoms with Gasteiger partial charge in [0.15, 0.2) is 0 Å². The second-order valence-electron chi connectivity index (χ2n) is 5.88. The maximum Gasteiger partial charge on any atom is 0.237 e. The second-order valence-corrected chi connectivity index (χ2v) is 6.82. The molecule has 0 aliphatic rings. The predicted octanol–water partition coefficient (Wildman–Crippen LogP) is 3.13. The number of amides is 1. The van der Waals surface area contributed by atoms with Crippen LogP contribution >= 0.6 is 23.7 Å². The molecule has 1 amide bonds. The number of thiophene rings is 1. The highest BCUT2D eigenvalue weighted by atomic mass is 35.5. The van der Waals surface area contributed by atoms with Crippen molar-refractivity contribution in [2.24, 2.45) is 5.73 Å². The van der Waals surface area contributed by atoms with E-state index in [-0.39, 0.29) is 23.7 Å². The average molecular weight is 339 g/mol. The summed E-state index contributed by atoms with van der Waals surface area (Å²) >= 11 is 1.71. The van der Waals surface area contributed by atoms with Crippen LogP contribution in [0.25, 0.3) is 0 Å². The lowest BCUT2D eigenvalue weighted by atomic mass is 9.91. The van der Waals surface area contributed by atoms with E-state index in [4.69, 9.17) is 5.73 Å². The van der Waals surface area contributed by atoms with Gasteiger partial charge in [-0.3, -0.25) is 4.79 Å². The molecule has 2 rings (SSSR count). The van der Waals surface area contributed by atoms with E-state index < -0.39 is 6.04 Å². The van der Waals surface area contributed by atoms with Crippen molar-refractivity contribution in [3.8, 4) is 0 Å². The Balaban J connectivity index is 0.00000242. The fourth-order valence-electron chi connectivity index (χ4n) is 2.15. The monoisotopic (exact) mass is 338 g/mol. The number of nitrogens with one attached hydrogen (secondary N) is 1. The number of halogens is 1. The zero-order chi connectivity index (χ0) is 15.3. The van der Waals surface area contributed by atoms with E-state index in [1.807, 2.05) is 36.4 Å². The molecule has 3 nitrogen and oxygen atoms in total. The van der Waals surface area contributed by atoms with Gasteiger partial charge in [0.25, 0.3) is 0 Å². The van der Waals surface area contributed by atoms with Crippen LogP contribution < -0.4 is 11.1 Å². The first-order valence-electron chi connectivity index (χ1n) is 7.10. The van der Waals surface area contributed by atoms with Crippen molar-refractivity contribution in [3.63, 3.8) is 0 Å². The molecule has 0 aliphatic heterocycles. The summed E-state index contributed by atoms with van der Waals surface area (Å²) in [5.74, 6) is -0.0940. The first-order chi connectivity index (χ1) is 9.99. The smallest absolute Gasteiger partial charge is 0.237 e. The molecule has 0 bridgehead atoms. The van der Waals surface area contributed by atoms with Crippen molar-refractivity contribution in [3.05, 3.63) is 58.3 Å². The summed E-state index contributed by atoms with van der Waals surface area (Å²) in [6.45, 7) is 4.85. The van der Waals surface area contributed by atoms with Crippen LogP contribution in [0.5, 0.6) is 0 Å². The Labute approximate surface area is 142 Å². The van der Waals surface area contributed by atoms with E-state index in [1.165, 1.54) is 4.88 Å². The highest BCUT2D eigenvalue weighted by Gasteiger charge is 2.23. The molecule has 0 saturated heterocycles. The van der Waals surface area contributed by atoms with Crippen molar-refractivity contribution in [1.82, 2.24) is 5.32 Å². The van der Waals surface area contributed by atoms with Gasteiger partial charge < -0.3 is 11.1 Å². The minimum Gasteiger partial charge on any atom is -0.354 e. The van der Waals surface area contributed by atoms with E-state index in [2.05, 4.69) is 30.6 Å². The van der Waals surface area contributed by atoms with E-state index >= 15 is 0 Å². The van der Waals surface area contributed by atoms with Crippen LogP contribution in [0, 0.1) is 0 Å². The van der Waals surface area contributed by atoms with Crippen LogP contribution in [0.4, 0.5) is 0 Å². The molecule has 0 fully saturated rings. The first kappa shape index (κ1) is 18.7. The molecule has 1 atom stereocenters. The lowest BCUT2D eigenvalue weighted by Gasteiger charge is -2.24. The largest absolute Gasteiger partial charge is 0.354 e. The molecule has 22 heavy (non-hydrogen) atoms. The van der Waals surface area contributed by atoms with Crippen molar-refractivity contribution in [2.75, 3.05) is 6.54 Å². The normalized spacial score (nSPS) is 12.3. The fourth-order valence-corrected chi connectivity index (χ4v) is 3.00. The summed E-state index contributed by atoms with van der Waals surface area (Å²) in [6, 6.07) is 13.5. The lowest BCUT2D eigenvalue weighted by molar-refractivity contribution is -0.122. The van der Waals surface area contributed by atoms with Gasteiger partial charge in [-0.05, 0) is 23.4 Å². The van der Waals surface area contributed by atoms with Gasteiger partial charge in [0, 0.05) is 16.8 Å². The maximum atomic E-state index is 12.1. The number of carbonyl (C=O) groups is 1. The average Bonchev–Trinajstić information content (AvgIpc) is 3.01. The summed E-state index contributed by atoms with van der Waals surface area (Å²) in [5.41, 5.74) is 7.00. The maximum absolute atomic E-state index is 12.1. The van der Waals surface area contributed by atoms with Gasteiger partial charge in [0.2, 0.25) is 5.91 Å². The highest BCUT2D eigenvalue weighted by molar-refractivity contribution is 7.10.